The normalized spacial score (nSPS) is 14.2. The second-order valence-electron chi connectivity index (χ2n) is 1.76. The highest BCUT2D eigenvalue weighted by Gasteiger charge is 2.39. The fourth-order valence-corrected chi connectivity index (χ4v) is 0.383. The van der Waals surface area contributed by atoms with E-state index in [0.29, 0.717) is 0 Å². The molecule has 0 aliphatic heterocycles. The van der Waals surface area contributed by atoms with E-state index in [0.717, 1.165) is 0 Å². The third kappa shape index (κ3) is 4.58. The van der Waals surface area contributed by atoms with Crippen LogP contribution in [-0.4, -0.2) is 25.4 Å². The van der Waals surface area contributed by atoms with E-state index in [1.165, 1.54) is 0 Å². The molecule has 0 bridgehead atoms. The molecule has 0 aromatic rings. The Morgan fingerprint density at radius 3 is 2.36 bits per heavy atom. The Labute approximate surface area is 60.1 Å². The van der Waals surface area contributed by atoms with Crippen molar-refractivity contribution in [3.8, 4) is 0 Å². The first-order valence-corrected chi connectivity index (χ1v) is 2.74. The molecule has 0 heterocycles. The topological polar surface area (TPSA) is 26.3 Å². The largest absolute Gasteiger partial charge is 0.468 e. The molecule has 0 amide bonds. The van der Waals surface area contributed by atoms with E-state index < -0.39 is 25.4 Å². The van der Waals surface area contributed by atoms with Crippen LogP contribution in [0.3, 0.4) is 0 Å². The van der Waals surface area contributed by atoms with Crippen LogP contribution in [-0.2, 0) is 9.53 Å². The third-order valence-electron chi connectivity index (χ3n) is 0.912. The number of carbonyl (C=O) groups is 1. The van der Waals surface area contributed by atoms with E-state index in [2.05, 4.69) is 4.74 Å². The molecule has 0 fully saturated rings. The lowest BCUT2D eigenvalue weighted by molar-refractivity contribution is -0.184. The van der Waals surface area contributed by atoms with Crippen molar-refractivity contribution in [2.24, 2.45) is 0 Å². The summed E-state index contributed by atoms with van der Waals surface area (Å²) in [6.07, 6.45) is -8.61. The van der Waals surface area contributed by atoms with Crippen LogP contribution in [0.15, 0.2) is 0 Å². The first kappa shape index (κ1) is 10.2. The van der Waals surface area contributed by atoms with Gasteiger partial charge in [-0.2, -0.15) is 13.2 Å². The van der Waals surface area contributed by atoms with Crippen molar-refractivity contribution in [3.05, 3.63) is 0 Å². The summed E-state index contributed by atoms with van der Waals surface area (Å²) < 4.78 is 49.9. The summed E-state index contributed by atoms with van der Waals surface area (Å²) in [5, 5.41) is 0. The Morgan fingerprint density at radius 1 is 1.45 bits per heavy atom. The number of rotatable bonds is 4. The van der Waals surface area contributed by atoms with Crippen LogP contribution < -0.4 is 0 Å². The number of carbonyl (C=O) groups excluding carboxylic acids is 1. The highest BCUT2D eigenvalue weighted by Crippen LogP contribution is 2.24. The predicted molar refractivity (Wildman–Crippen MR) is 27.6 cm³/mol. The van der Waals surface area contributed by atoms with Crippen molar-refractivity contribution < 1.29 is 27.1 Å². The van der Waals surface area contributed by atoms with Crippen molar-refractivity contribution in [2.75, 3.05) is 6.61 Å². The predicted octanol–water partition coefficient (Wildman–Crippen LogP) is 1.45. The lowest BCUT2D eigenvalue weighted by Crippen LogP contribution is -2.25. The van der Waals surface area contributed by atoms with Gasteiger partial charge in [0.1, 0.15) is 0 Å². The summed E-state index contributed by atoms with van der Waals surface area (Å²) in [5.74, 6) is 0. The van der Waals surface area contributed by atoms with Gasteiger partial charge >= 0.3 is 6.18 Å². The van der Waals surface area contributed by atoms with Gasteiger partial charge < -0.3 is 4.74 Å². The van der Waals surface area contributed by atoms with Gasteiger partial charge in [-0.25, -0.2) is 4.39 Å². The molecule has 0 aromatic carbocycles. The molecule has 0 saturated heterocycles. The van der Waals surface area contributed by atoms with Gasteiger partial charge in [0.15, 0.2) is 6.17 Å². The van der Waals surface area contributed by atoms with E-state index >= 15 is 0 Å². The van der Waals surface area contributed by atoms with Crippen molar-refractivity contribution in [2.45, 2.75) is 18.8 Å². The molecule has 0 aliphatic carbocycles. The minimum atomic E-state index is -4.85. The zero-order valence-corrected chi connectivity index (χ0v) is 5.40. The molecule has 1 unspecified atom stereocenters. The van der Waals surface area contributed by atoms with Crippen LogP contribution in [0.2, 0.25) is 0 Å². The van der Waals surface area contributed by atoms with Crippen LogP contribution in [0.25, 0.3) is 0 Å². The van der Waals surface area contributed by atoms with E-state index in [1.807, 2.05) is 0 Å². The second-order valence-corrected chi connectivity index (χ2v) is 1.76. The molecular formula is C5H6F4O2. The maximum atomic E-state index is 11.9. The first-order chi connectivity index (χ1) is 4.98. The quantitative estimate of drug-likeness (QED) is 0.366. The van der Waals surface area contributed by atoms with E-state index in [4.69, 9.17) is 0 Å². The van der Waals surface area contributed by atoms with Crippen LogP contribution in [0.4, 0.5) is 17.6 Å². The van der Waals surface area contributed by atoms with Gasteiger partial charge in [-0.15, -0.1) is 0 Å². The molecule has 0 rings (SSSR count). The number of hydrogen-bond acceptors (Lipinski definition) is 2. The standard InChI is InChI=1S/C5H6F4O2/c6-4(5(7,8)9)1-2-11-3-10/h3-4H,1-2H2. The van der Waals surface area contributed by atoms with Crippen LogP contribution >= 0.6 is 0 Å². The highest BCUT2D eigenvalue weighted by molar-refractivity contribution is 5.36. The lowest BCUT2D eigenvalue weighted by Gasteiger charge is -2.10. The Kier molecular flexibility index (Phi) is 3.84. The van der Waals surface area contributed by atoms with Crippen molar-refractivity contribution in [3.63, 3.8) is 0 Å². The highest BCUT2D eigenvalue weighted by atomic mass is 19.4. The van der Waals surface area contributed by atoms with Crippen LogP contribution in [0, 0.1) is 0 Å². The van der Waals surface area contributed by atoms with Gasteiger partial charge in [-0.3, -0.25) is 4.79 Å². The number of hydrogen-bond donors (Lipinski definition) is 0. The molecule has 2 nitrogen and oxygen atoms in total. The number of halogens is 4. The summed E-state index contributed by atoms with van der Waals surface area (Å²) in [6.45, 7) is -0.576. The number of ether oxygens (including phenoxy) is 1. The maximum absolute atomic E-state index is 11.9. The zero-order chi connectivity index (χ0) is 8.91. The fourth-order valence-electron chi connectivity index (χ4n) is 0.383. The Balaban J connectivity index is 3.52. The second kappa shape index (κ2) is 4.15. The van der Waals surface area contributed by atoms with E-state index in [-0.39, 0.29) is 6.47 Å². The Hall–Kier alpha value is -0.810. The third-order valence-corrected chi connectivity index (χ3v) is 0.912. The van der Waals surface area contributed by atoms with Crippen molar-refractivity contribution in [1.82, 2.24) is 0 Å². The smallest absolute Gasteiger partial charge is 0.419 e. The van der Waals surface area contributed by atoms with Gasteiger partial charge in [-0.1, -0.05) is 0 Å². The van der Waals surface area contributed by atoms with Gasteiger partial charge in [0.25, 0.3) is 6.47 Å². The first-order valence-electron chi connectivity index (χ1n) is 2.74. The fraction of sp³-hybridized carbons (Fsp3) is 0.800. The van der Waals surface area contributed by atoms with Crippen molar-refractivity contribution in [1.29, 1.82) is 0 Å². The molecule has 1 atom stereocenters. The summed E-state index contributed by atoms with van der Waals surface area (Å²) in [6, 6.07) is 0. The van der Waals surface area contributed by atoms with Crippen LogP contribution in [0.5, 0.6) is 0 Å². The van der Waals surface area contributed by atoms with E-state index in [9.17, 15) is 22.4 Å². The molecule has 0 N–H and O–H groups in total. The minimum Gasteiger partial charge on any atom is -0.468 e. The van der Waals surface area contributed by atoms with Crippen LogP contribution in [0.1, 0.15) is 6.42 Å². The molecule has 11 heavy (non-hydrogen) atoms. The molecule has 0 saturated carbocycles. The summed E-state index contributed by atoms with van der Waals surface area (Å²) >= 11 is 0. The van der Waals surface area contributed by atoms with Gasteiger partial charge in [0.2, 0.25) is 0 Å². The average Bonchev–Trinajstić information content (AvgIpc) is 1.86. The Morgan fingerprint density at radius 2 is 2.00 bits per heavy atom. The van der Waals surface area contributed by atoms with Gasteiger partial charge in [-0.05, 0) is 0 Å². The lowest BCUT2D eigenvalue weighted by atomic mass is 10.3. The molecular weight excluding hydrogens is 168 g/mol. The molecule has 6 heteroatoms. The average molecular weight is 174 g/mol. The van der Waals surface area contributed by atoms with Crippen molar-refractivity contribution >= 4 is 6.47 Å². The summed E-state index contributed by atoms with van der Waals surface area (Å²) in [5.41, 5.74) is 0. The molecule has 0 radical (unpaired) electrons. The number of alkyl halides is 4. The SMILES string of the molecule is O=COCCC(F)C(F)(F)F. The molecule has 0 aliphatic rings. The summed E-state index contributed by atoms with van der Waals surface area (Å²) in [4.78, 5) is 9.41. The van der Waals surface area contributed by atoms with Gasteiger partial charge in [0, 0.05) is 6.42 Å². The zero-order valence-electron chi connectivity index (χ0n) is 5.40. The Bertz CT molecular complexity index is 122. The maximum Gasteiger partial charge on any atom is 0.419 e. The minimum absolute atomic E-state index is 0.0247. The molecule has 0 aromatic heterocycles. The molecule has 66 valence electrons. The monoisotopic (exact) mass is 174 g/mol. The van der Waals surface area contributed by atoms with E-state index in [1.54, 1.807) is 0 Å². The molecule has 0 spiro atoms. The summed E-state index contributed by atoms with van der Waals surface area (Å²) in [7, 11) is 0. The van der Waals surface area contributed by atoms with Gasteiger partial charge in [0.05, 0.1) is 6.61 Å².